The van der Waals surface area contributed by atoms with Crippen molar-refractivity contribution in [1.82, 2.24) is 25.3 Å². The van der Waals surface area contributed by atoms with Gasteiger partial charge in [0.15, 0.2) is 0 Å². The van der Waals surface area contributed by atoms with Gasteiger partial charge in [-0.15, -0.1) is 5.10 Å². The van der Waals surface area contributed by atoms with E-state index >= 15 is 0 Å². The number of halogens is 1. The van der Waals surface area contributed by atoms with Crippen LogP contribution >= 0.6 is 0 Å². The van der Waals surface area contributed by atoms with Gasteiger partial charge in [-0.1, -0.05) is 17.3 Å². The molecule has 190 valence electrons. The summed E-state index contributed by atoms with van der Waals surface area (Å²) < 4.78 is 15.2. The Morgan fingerprint density at radius 1 is 1.05 bits per heavy atom. The normalized spacial score (nSPS) is 11.7. The van der Waals surface area contributed by atoms with Crippen molar-refractivity contribution in [3.05, 3.63) is 100 Å². The van der Waals surface area contributed by atoms with Crippen molar-refractivity contribution in [2.24, 2.45) is 0 Å². The van der Waals surface area contributed by atoms with Gasteiger partial charge in [0.1, 0.15) is 23.4 Å². The Morgan fingerprint density at radius 3 is 2.41 bits per heavy atom. The van der Waals surface area contributed by atoms with Crippen LogP contribution < -0.4 is 10.6 Å². The fourth-order valence-electron chi connectivity index (χ4n) is 4.04. The molecule has 3 N–H and O–H groups in total. The second-order valence-electron chi connectivity index (χ2n) is 8.88. The Bertz CT molecular complexity index is 1410. The van der Waals surface area contributed by atoms with Crippen molar-refractivity contribution in [2.75, 3.05) is 5.32 Å². The number of carboxylic acids is 1. The maximum Gasteiger partial charge on any atom is 0.326 e. The molecule has 10 heteroatoms. The van der Waals surface area contributed by atoms with Gasteiger partial charge < -0.3 is 15.7 Å². The number of carboxylic acid groups (broad SMARTS) is 1. The van der Waals surface area contributed by atoms with Crippen LogP contribution in [0.4, 0.5) is 10.2 Å². The predicted octanol–water partition coefficient (Wildman–Crippen LogP) is 3.76. The molecule has 0 aliphatic carbocycles. The monoisotopic (exact) mass is 502 g/mol. The van der Waals surface area contributed by atoms with Crippen molar-refractivity contribution >= 4 is 17.7 Å². The van der Waals surface area contributed by atoms with Crippen molar-refractivity contribution in [1.29, 1.82) is 0 Å². The second kappa shape index (κ2) is 11.0. The van der Waals surface area contributed by atoms with Gasteiger partial charge in [0, 0.05) is 18.2 Å². The van der Waals surface area contributed by atoms with E-state index < -0.39 is 23.7 Å². The summed E-state index contributed by atoms with van der Waals surface area (Å²) >= 11 is 0. The molecule has 2 heterocycles. The molecule has 0 saturated heterocycles. The molecule has 0 aliphatic rings. The molecule has 2 aromatic carbocycles. The number of nitrogens with zero attached hydrogens (tertiary/aromatic N) is 4. The number of aryl methyl sites for hydroxylation is 3. The standard InChI is InChI=1S/C27H27FN6O3/c1-16-8-9-29-24(10-16)30-14-21-15-34(33-32-21)22-6-4-19(5-7-22)13-23(27(36)37)31-26(35)25-17(2)11-20(28)12-18(25)3/h4-12,15,23H,13-14H2,1-3H3,(H,29,30)(H,31,35)(H,36,37)/t23-/m0/s1. The summed E-state index contributed by atoms with van der Waals surface area (Å²) in [5, 5.41) is 23.8. The number of hydrogen-bond donors (Lipinski definition) is 3. The fraction of sp³-hybridized carbons (Fsp3) is 0.222. The number of hydrogen-bond acceptors (Lipinski definition) is 6. The first-order valence-corrected chi connectivity index (χ1v) is 11.7. The lowest BCUT2D eigenvalue weighted by atomic mass is 10.0. The van der Waals surface area contributed by atoms with Crippen molar-refractivity contribution in [3.8, 4) is 5.69 Å². The highest BCUT2D eigenvalue weighted by Crippen LogP contribution is 2.17. The largest absolute Gasteiger partial charge is 0.480 e. The van der Waals surface area contributed by atoms with E-state index in [1.165, 1.54) is 12.1 Å². The van der Waals surface area contributed by atoms with E-state index in [2.05, 4.69) is 25.9 Å². The molecule has 4 rings (SSSR count). The number of pyridine rings is 1. The lowest BCUT2D eigenvalue weighted by molar-refractivity contribution is -0.139. The SMILES string of the molecule is Cc1ccnc(NCc2cn(-c3ccc(C[C@H](NC(=O)c4c(C)cc(F)cc4C)C(=O)O)cc3)nn2)c1. The number of carbonyl (C=O) groups is 2. The molecule has 4 aromatic rings. The molecule has 0 unspecified atom stereocenters. The Kier molecular flexibility index (Phi) is 7.57. The van der Waals surface area contributed by atoms with Crippen LogP contribution in [0, 0.1) is 26.6 Å². The molecule has 1 atom stereocenters. The Labute approximate surface area is 213 Å². The number of benzene rings is 2. The smallest absolute Gasteiger partial charge is 0.326 e. The lowest BCUT2D eigenvalue weighted by Gasteiger charge is -2.17. The molecule has 0 radical (unpaired) electrons. The van der Waals surface area contributed by atoms with Crippen LogP contribution in [0.15, 0.2) is 60.9 Å². The number of aromatic nitrogens is 4. The maximum absolute atomic E-state index is 13.6. The Balaban J connectivity index is 1.40. The van der Waals surface area contributed by atoms with Gasteiger partial charge in [0.05, 0.1) is 18.4 Å². The molecular formula is C27H27FN6O3. The molecule has 37 heavy (non-hydrogen) atoms. The zero-order valence-corrected chi connectivity index (χ0v) is 20.7. The Hall–Kier alpha value is -4.60. The number of anilines is 1. The highest BCUT2D eigenvalue weighted by Gasteiger charge is 2.23. The Morgan fingerprint density at radius 2 is 1.76 bits per heavy atom. The molecule has 0 aliphatic heterocycles. The summed E-state index contributed by atoms with van der Waals surface area (Å²) in [6.45, 7) is 5.68. The van der Waals surface area contributed by atoms with Gasteiger partial charge in [-0.3, -0.25) is 4.79 Å². The predicted molar refractivity (Wildman–Crippen MR) is 136 cm³/mol. The molecule has 0 saturated carbocycles. The average Bonchev–Trinajstić information content (AvgIpc) is 3.31. The van der Waals surface area contributed by atoms with Crippen LogP contribution in [0.5, 0.6) is 0 Å². The number of aliphatic carboxylic acids is 1. The summed E-state index contributed by atoms with van der Waals surface area (Å²) in [4.78, 5) is 28.9. The maximum atomic E-state index is 13.6. The molecule has 0 spiro atoms. The third-order valence-electron chi connectivity index (χ3n) is 5.88. The fourth-order valence-corrected chi connectivity index (χ4v) is 4.04. The zero-order chi connectivity index (χ0) is 26.5. The minimum Gasteiger partial charge on any atom is -0.480 e. The van der Waals surface area contributed by atoms with Crippen LogP contribution in [0.25, 0.3) is 5.69 Å². The molecule has 2 aromatic heterocycles. The van der Waals surface area contributed by atoms with E-state index in [0.717, 1.165) is 28.3 Å². The topological polar surface area (TPSA) is 122 Å². The third-order valence-corrected chi connectivity index (χ3v) is 5.88. The van der Waals surface area contributed by atoms with Crippen molar-refractivity contribution in [2.45, 2.75) is 39.8 Å². The number of carbonyl (C=O) groups excluding carboxylic acids is 1. The molecule has 1 amide bonds. The van der Waals surface area contributed by atoms with Crippen LogP contribution in [0.2, 0.25) is 0 Å². The summed E-state index contributed by atoms with van der Waals surface area (Å²) in [7, 11) is 0. The van der Waals surface area contributed by atoms with E-state index in [0.29, 0.717) is 17.7 Å². The van der Waals surface area contributed by atoms with Crippen molar-refractivity contribution < 1.29 is 19.1 Å². The first-order chi connectivity index (χ1) is 17.7. The third kappa shape index (κ3) is 6.35. The van der Waals surface area contributed by atoms with Crippen LogP contribution in [0.3, 0.4) is 0 Å². The number of rotatable bonds is 9. The molecular weight excluding hydrogens is 475 g/mol. The van der Waals surface area contributed by atoms with Crippen LogP contribution in [-0.4, -0.2) is 43.0 Å². The van der Waals surface area contributed by atoms with Crippen molar-refractivity contribution in [3.63, 3.8) is 0 Å². The second-order valence-corrected chi connectivity index (χ2v) is 8.88. The number of nitrogens with one attached hydrogen (secondary N) is 2. The quantitative estimate of drug-likeness (QED) is 0.319. The average molecular weight is 503 g/mol. The van der Waals surface area contributed by atoms with E-state index in [1.54, 1.807) is 55.2 Å². The minimum atomic E-state index is -1.16. The highest BCUT2D eigenvalue weighted by atomic mass is 19.1. The van der Waals surface area contributed by atoms with Gasteiger partial charge in [0.2, 0.25) is 0 Å². The summed E-state index contributed by atoms with van der Waals surface area (Å²) in [6.07, 6.45) is 3.61. The van der Waals surface area contributed by atoms with E-state index in [4.69, 9.17) is 0 Å². The first kappa shape index (κ1) is 25.5. The number of amides is 1. The van der Waals surface area contributed by atoms with Gasteiger partial charge in [-0.2, -0.15) is 0 Å². The molecule has 9 nitrogen and oxygen atoms in total. The highest BCUT2D eigenvalue weighted by molar-refractivity contribution is 5.99. The lowest BCUT2D eigenvalue weighted by Crippen LogP contribution is -2.42. The molecule has 0 fully saturated rings. The van der Waals surface area contributed by atoms with Crippen LogP contribution in [0.1, 0.15) is 38.3 Å². The van der Waals surface area contributed by atoms with Gasteiger partial charge in [-0.25, -0.2) is 18.9 Å². The van der Waals surface area contributed by atoms with Gasteiger partial charge in [0.25, 0.3) is 5.91 Å². The van der Waals surface area contributed by atoms with Crippen LogP contribution in [-0.2, 0) is 17.8 Å². The van der Waals surface area contributed by atoms with E-state index in [-0.39, 0.29) is 12.0 Å². The molecule has 0 bridgehead atoms. The van der Waals surface area contributed by atoms with E-state index in [9.17, 15) is 19.1 Å². The van der Waals surface area contributed by atoms with Gasteiger partial charge >= 0.3 is 5.97 Å². The minimum absolute atomic E-state index is 0.0800. The van der Waals surface area contributed by atoms with E-state index in [1.807, 2.05) is 19.1 Å². The summed E-state index contributed by atoms with van der Waals surface area (Å²) in [5.41, 5.74) is 4.47. The summed E-state index contributed by atoms with van der Waals surface area (Å²) in [6, 6.07) is 12.4. The zero-order valence-electron chi connectivity index (χ0n) is 20.7. The summed E-state index contributed by atoms with van der Waals surface area (Å²) in [5.74, 6) is -1.40. The van der Waals surface area contributed by atoms with Gasteiger partial charge in [-0.05, 0) is 79.4 Å². The first-order valence-electron chi connectivity index (χ1n) is 11.7.